The first-order valence-corrected chi connectivity index (χ1v) is 12.5. The largest absolute Gasteiger partial charge is 0.350 e. The fraction of sp³-hybridized carbons (Fsp3) is 0.348. The Kier molecular flexibility index (Phi) is 7.37. The van der Waals surface area contributed by atoms with Gasteiger partial charge in [0.05, 0.1) is 11.4 Å². The molecule has 0 saturated carbocycles. The number of carbonyl (C=O) groups is 2. The summed E-state index contributed by atoms with van der Waals surface area (Å²) in [6.45, 7) is 2.02. The van der Waals surface area contributed by atoms with Gasteiger partial charge in [0.15, 0.2) is 0 Å². The van der Waals surface area contributed by atoms with Crippen LogP contribution in [0.15, 0.2) is 47.2 Å². The standard InChI is InChI=1S/C23H24ClN3O2S2/c24-19-6-2-1-4-17(19)14-21(28)27-11-8-16(9-12-27)23-26-20(15-31-23)22(29)25-10-7-18-5-3-13-30-18/h1-6,13,15-16H,7-12,14H2,(H,25,29). The first-order chi connectivity index (χ1) is 15.1. The van der Waals surface area contributed by atoms with Gasteiger partial charge in [0.1, 0.15) is 5.69 Å². The number of piperidine rings is 1. The number of thiazole rings is 1. The molecule has 2 amide bonds. The van der Waals surface area contributed by atoms with Crippen LogP contribution in [0.1, 0.15) is 44.7 Å². The first-order valence-electron chi connectivity index (χ1n) is 10.4. The van der Waals surface area contributed by atoms with E-state index in [1.165, 1.54) is 16.2 Å². The van der Waals surface area contributed by atoms with E-state index in [-0.39, 0.29) is 11.8 Å². The van der Waals surface area contributed by atoms with Gasteiger partial charge in [0.25, 0.3) is 5.91 Å². The predicted octanol–water partition coefficient (Wildman–Crippen LogP) is 4.78. The summed E-state index contributed by atoms with van der Waals surface area (Å²) in [6.07, 6.45) is 2.89. The molecule has 8 heteroatoms. The quantitative estimate of drug-likeness (QED) is 0.537. The summed E-state index contributed by atoms with van der Waals surface area (Å²) in [4.78, 5) is 32.8. The Morgan fingerprint density at radius 2 is 1.94 bits per heavy atom. The van der Waals surface area contributed by atoms with E-state index in [9.17, 15) is 9.59 Å². The normalized spacial score (nSPS) is 14.5. The number of nitrogens with one attached hydrogen (secondary N) is 1. The van der Waals surface area contributed by atoms with Gasteiger partial charge in [-0.25, -0.2) is 4.98 Å². The van der Waals surface area contributed by atoms with Crippen molar-refractivity contribution >= 4 is 46.1 Å². The van der Waals surface area contributed by atoms with Crippen molar-refractivity contribution in [2.75, 3.05) is 19.6 Å². The Balaban J connectivity index is 1.25. The number of halogens is 1. The lowest BCUT2D eigenvalue weighted by Gasteiger charge is -2.31. The molecular weight excluding hydrogens is 450 g/mol. The van der Waals surface area contributed by atoms with Crippen LogP contribution < -0.4 is 5.32 Å². The van der Waals surface area contributed by atoms with Crippen molar-refractivity contribution in [2.24, 2.45) is 0 Å². The Labute approximate surface area is 195 Å². The zero-order valence-electron chi connectivity index (χ0n) is 17.1. The minimum absolute atomic E-state index is 0.108. The highest BCUT2D eigenvalue weighted by molar-refractivity contribution is 7.10. The molecule has 1 N–H and O–H groups in total. The summed E-state index contributed by atoms with van der Waals surface area (Å²) in [5, 5.41) is 8.45. The molecule has 1 aromatic carbocycles. The summed E-state index contributed by atoms with van der Waals surface area (Å²) < 4.78 is 0. The average molecular weight is 474 g/mol. The SMILES string of the molecule is O=C(NCCc1cccs1)c1csc(C2CCN(C(=O)Cc3ccccc3Cl)CC2)n1. The zero-order valence-corrected chi connectivity index (χ0v) is 19.4. The van der Waals surface area contributed by atoms with Crippen molar-refractivity contribution in [1.29, 1.82) is 0 Å². The van der Waals surface area contributed by atoms with E-state index in [1.54, 1.807) is 11.3 Å². The molecule has 5 nitrogen and oxygen atoms in total. The second-order valence-corrected chi connectivity index (χ2v) is 9.91. The Bertz CT molecular complexity index is 1030. The molecule has 0 aliphatic carbocycles. The Hall–Kier alpha value is -2.22. The van der Waals surface area contributed by atoms with Gasteiger partial charge in [0.2, 0.25) is 5.91 Å². The van der Waals surface area contributed by atoms with Gasteiger partial charge in [-0.3, -0.25) is 9.59 Å². The predicted molar refractivity (Wildman–Crippen MR) is 126 cm³/mol. The number of hydrogen-bond donors (Lipinski definition) is 1. The van der Waals surface area contributed by atoms with E-state index in [2.05, 4.69) is 16.4 Å². The molecule has 4 rings (SSSR count). The van der Waals surface area contributed by atoms with Crippen molar-refractivity contribution in [3.8, 4) is 0 Å². The highest BCUT2D eigenvalue weighted by atomic mass is 35.5. The van der Waals surface area contributed by atoms with Crippen LogP contribution in [0, 0.1) is 0 Å². The Morgan fingerprint density at radius 3 is 2.68 bits per heavy atom. The minimum Gasteiger partial charge on any atom is -0.350 e. The van der Waals surface area contributed by atoms with Gasteiger partial charge in [-0.15, -0.1) is 22.7 Å². The maximum absolute atomic E-state index is 12.6. The third-order valence-corrected chi connectivity index (χ3v) is 7.80. The highest BCUT2D eigenvalue weighted by Crippen LogP contribution is 2.30. The lowest BCUT2D eigenvalue weighted by molar-refractivity contribution is -0.131. The smallest absolute Gasteiger partial charge is 0.270 e. The van der Waals surface area contributed by atoms with Crippen LogP contribution in [0.25, 0.3) is 0 Å². The third-order valence-electron chi connectivity index (χ3n) is 5.49. The molecule has 1 saturated heterocycles. The van der Waals surface area contributed by atoms with E-state index < -0.39 is 0 Å². The van der Waals surface area contributed by atoms with Crippen molar-refractivity contribution < 1.29 is 9.59 Å². The van der Waals surface area contributed by atoms with Gasteiger partial charge in [-0.1, -0.05) is 35.9 Å². The van der Waals surface area contributed by atoms with Crippen LogP contribution in [0.5, 0.6) is 0 Å². The third kappa shape index (κ3) is 5.73. The number of amides is 2. The number of carbonyl (C=O) groups excluding carboxylic acids is 2. The lowest BCUT2D eigenvalue weighted by Crippen LogP contribution is -2.38. The molecule has 0 atom stereocenters. The number of likely N-dealkylation sites (tertiary alicyclic amines) is 1. The van der Waals surface area contributed by atoms with Gasteiger partial charge in [0, 0.05) is 40.8 Å². The molecule has 2 aromatic heterocycles. The molecule has 3 heterocycles. The van der Waals surface area contributed by atoms with E-state index in [0.717, 1.165) is 29.8 Å². The molecule has 0 unspecified atom stereocenters. The van der Waals surface area contributed by atoms with E-state index in [1.807, 2.05) is 46.0 Å². The van der Waals surface area contributed by atoms with Gasteiger partial charge < -0.3 is 10.2 Å². The fourth-order valence-electron chi connectivity index (χ4n) is 3.72. The van der Waals surface area contributed by atoms with Crippen molar-refractivity contribution in [3.63, 3.8) is 0 Å². The fourth-order valence-corrected chi connectivity index (χ4v) is 5.60. The van der Waals surface area contributed by atoms with Crippen LogP contribution in [0.2, 0.25) is 5.02 Å². The van der Waals surface area contributed by atoms with Crippen molar-refractivity contribution in [1.82, 2.24) is 15.2 Å². The number of nitrogens with zero attached hydrogens (tertiary/aromatic N) is 2. The average Bonchev–Trinajstić information content (AvgIpc) is 3.48. The summed E-state index contributed by atoms with van der Waals surface area (Å²) in [7, 11) is 0. The van der Waals surface area contributed by atoms with Crippen molar-refractivity contribution in [2.45, 2.75) is 31.6 Å². The zero-order chi connectivity index (χ0) is 21.6. The number of aromatic nitrogens is 1. The number of rotatable bonds is 7. The van der Waals surface area contributed by atoms with Crippen LogP contribution in [-0.4, -0.2) is 41.3 Å². The molecule has 1 aliphatic rings. The second kappa shape index (κ2) is 10.4. The van der Waals surface area contributed by atoms with Crippen LogP contribution >= 0.6 is 34.3 Å². The number of benzene rings is 1. The molecular formula is C23H24ClN3O2S2. The van der Waals surface area contributed by atoms with Crippen LogP contribution in [0.4, 0.5) is 0 Å². The molecule has 0 radical (unpaired) electrons. The van der Waals surface area contributed by atoms with E-state index in [4.69, 9.17) is 11.6 Å². The van der Waals surface area contributed by atoms with Crippen molar-refractivity contribution in [3.05, 3.63) is 73.3 Å². The summed E-state index contributed by atoms with van der Waals surface area (Å²) >= 11 is 9.42. The molecule has 162 valence electrons. The molecule has 1 fully saturated rings. The van der Waals surface area contributed by atoms with Gasteiger partial charge in [-0.05, 0) is 42.3 Å². The van der Waals surface area contributed by atoms with Crippen LogP contribution in [-0.2, 0) is 17.6 Å². The van der Waals surface area contributed by atoms with E-state index in [0.29, 0.717) is 42.7 Å². The summed E-state index contributed by atoms with van der Waals surface area (Å²) in [5.41, 5.74) is 1.36. The van der Waals surface area contributed by atoms with Crippen LogP contribution in [0.3, 0.4) is 0 Å². The number of hydrogen-bond acceptors (Lipinski definition) is 5. The maximum Gasteiger partial charge on any atom is 0.270 e. The highest BCUT2D eigenvalue weighted by Gasteiger charge is 2.26. The second-order valence-electron chi connectivity index (χ2n) is 7.58. The molecule has 0 bridgehead atoms. The summed E-state index contributed by atoms with van der Waals surface area (Å²) in [5.74, 6) is 0.282. The van der Waals surface area contributed by atoms with Gasteiger partial charge in [-0.2, -0.15) is 0 Å². The monoisotopic (exact) mass is 473 g/mol. The molecule has 31 heavy (non-hydrogen) atoms. The topological polar surface area (TPSA) is 62.3 Å². The first kappa shape index (κ1) is 22.0. The Morgan fingerprint density at radius 1 is 1.13 bits per heavy atom. The molecule has 3 aromatic rings. The van der Waals surface area contributed by atoms with Gasteiger partial charge >= 0.3 is 0 Å². The lowest BCUT2D eigenvalue weighted by atomic mass is 9.97. The summed E-state index contributed by atoms with van der Waals surface area (Å²) in [6, 6.07) is 11.6. The minimum atomic E-state index is -0.119. The molecule has 1 aliphatic heterocycles. The van der Waals surface area contributed by atoms with E-state index >= 15 is 0 Å². The molecule has 0 spiro atoms. The maximum atomic E-state index is 12.6. The number of thiophene rings is 1.